The summed E-state index contributed by atoms with van der Waals surface area (Å²) in [5, 5.41) is 16.6. The first-order valence-electron chi connectivity index (χ1n) is 7.14. The molecule has 1 aromatic heterocycles. The van der Waals surface area contributed by atoms with Crippen molar-refractivity contribution in [2.45, 2.75) is 37.8 Å². The topological polar surface area (TPSA) is 78.4 Å². The number of nitrogens with zero attached hydrogens (tertiary/aromatic N) is 5. The molecule has 1 fully saturated rings. The number of aliphatic imine (C=N–C) groups is 2. The molecule has 0 amide bonds. The predicted molar refractivity (Wildman–Crippen MR) is 78.7 cm³/mol. The maximum absolute atomic E-state index is 8.98. The van der Waals surface area contributed by atoms with Gasteiger partial charge in [0, 0.05) is 11.8 Å². The van der Waals surface area contributed by atoms with Crippen molar-refractivity contribution in [3.63, 3.8) is 0 Å². The fourth-order valence-corrected chi connectivity index (χ4v) is 3.19. The smallest absolute Gasteiger partial charge is 0.120 e. The van der Waals surface area contributed by atoms with Crippen LogP contribution in [-0.4, -0.2) is 22.0 Å². The van der Waals surface area contributed by atoms with Crippen LogP contribution in [0.15, 0.2) is 34.7 Å². The van der Waals surface area contributed by atoms with Crippen LogP contribution in [0.4, 0.5) is 0 Å². The number of fused-ring (bicyclic) bond motifs is 1. The minimum atomic E-state index is -0.242. The van der Waals surface area contributed by atoms with Crippen molar-refractivity contribution >= 4 is 12.2 Å². The van der Waals surface area contributed by atoms with Gasteiger partial charge in [-0.25, -0.2) is 4.99 Å². The van der Waals surface area contributed by atoms with Gasteiger partial charge >= 0.3 is 0 Å². The standard InChI is InChI=1S/C15H16N6/c1-14-5-7-17-13(14)19-10-18-12(14)11-8-20-21(9-11)15(2-3-15)4-6-16/h5,7-10,12H,2-4H2,1H3,(H,17,18,19). The summed E-state index contributed by atoms with van der Waals surface area (Å²) in [6.45, 7) is 2.13. The highest BCUT2D eigenvalue weighted by Gasteiger charge is 2.47. The van der Waals surface area contributed by atoms with Gasteiger partial charge in [-0.15, -0.1) is 0 Å². The summed E-state index contributed by atoms with van der Waals surface area (Å²) in [5.74, 6) is 0.924. The molecule has 2 aliphatic heterocycles. The summed E-state index contributed by atoms with van der Waals surface area (Å²) in [4.78, 5) is 8.87. The van der Waals surface area contributed by atoms with E-state index in [1.54, 1.807) is 6.34 Å². The molecule has 3 heterocycles. The van der Waals surface area contributed by atoms with Gasteiger partial charge in [0.25, 0.3) is 0 Å². The highest BCUT2D eigenvalue weighted by atomic mass is 15.3. The minimum Gasteiger partial charge on any atom is -0.350 e. The Labute approximate surface area is 122 Å². The third-order valence-corrected chi connectivity index (χ3v) is 4.77. The quantitative estimate of drug-likeness (QED) is 0.918. The zero-order valence-electron chi connectivity index (χ0n) is 11.8. The lowest BCUT2D eigenvalue weighted by Gasteiger charge is -2.31. The van der Waals surface area contributed by atoms with Crippen LogP contribution in [-0.2, 0) is 5.54 Å². The highest BCUT2D eigenvalue weighted by molar-refractivity contribution is 5.99. The summed E-state index contributed by atoms with van der Waals surface area (Å²) < 4.78 is 1.96. The van der Waals surface area contributed by atoms with E-state index < -0.39 is 0 Å². The normalized spacial score (nSPS) is 31.2. The minimum absolute atomic E-state index is 0.0251. The lowest BCUT2D eigenvalue weighted by atomic mass is 9.79. The maximum atomic E-state index is 8.98. The molecule has 0 spiro atoms. The van der Waals surface area contributed by atoms with Crippen LogP contribution in [0.2, 0.25) is 0 Å². The Morgan fingerprint density at radius 3 is 3.14 bits per heavy atom. The molecular weight excluding hydrogens is 264 g/mol. The van der Waals surface area contributed by atoms with E-state index in [1.165, 1.54) is 0 Å². The van der Waals surface area contributed by atoms with Crippen LogP contribution in [0, 0.1) is 16.7 Å². The van der Waals surface area contributed by atoms with Crippen molar-refractivity contribution in [1.29, 1.82) is 5.26 Å². The molecule has 4 rings (SSSR count). The second kappa shape index (κ2) is 4.04. The Balaban J connectivity index is 1.68. The van der Waals surface area contributed by atoms with E-state index in [4.69, 9.17) is 5.26 Å². The van der Waals surface area contributed by atoms with E-state index in [0.717, 1.165) is 24.2 Å². The molecule has 21 heavy (non-hydrogen) atoms. The predicted octanol–water partition coefficient (Wildman–Crippen LogP) is 1.89. The van der Waals surface area contributed by atoms with Crippen LogP contribution in [0.3, 0.4) is 0 Å². The zero-order chi connectivity index (χ0) is 14.5. The average molecular weight is 280 g/mol. The van der Waals surface area contributed by atoms with Crippen molar-refractivity contribution in [1.82, 2.24) is 15.1 Å². The van der Waals surface area contributed by atoms with E-state index in [0.29, 0.717) is 6.42 Å². The van der Waals surface area contributed by atoms with E-state index in [9.17, 15) is 0 Å². The summed E-state index contributed by atoms with van der Waals surface area (Å²) in [6.07, 6.45) is 12.1. The molecule has 0 saturated heterocycles. The third-order valence-electron chi connectivity index (χ3n) is 4.77. The Morgan fingerprint density at radius 1 is 1.52 bits per heavy atom. The van der Waals surface area contributed by atoms with Gasteiger partial charge in [0.1, 0.15) is 12.2 Å². The van der Waals surface area contributed by atoms with Crippen LogP contribution >= 0.6 is 0 Å². The third kappa shape index (κ3) is 1.67. The number of hydrogen-bond donors (Lipinski definition) is 1. The molecule has 6 heteroatoms. The van der Waals surface area contributed by atoms with Gasteiger partial charge in [-0.1, -0.05) is 6.08 Å². The van der Waals surface area contributed by atoms with Crippen LogP contribution in [0.1, 0.15) is 37.8 Å². The van der Waals surface area contributed by atoms with Crippen molar-refractivity contribution < 1.29 is 0 Å². The van der Waals surface area contributed by atoms with E-state index in [1.807, 2.05) is 23.3 Å². The van der Waals surface area contributed by atoms with Crippen LogP contribution in [0.5, 0.6) is 0 Å². The fraction of sp³-hybridized carbons (Fsp3) is 0.467. The van der Waals surface area contributed by atoms with Gasteiger partial charge in [0.2, 0.25) is 0 Å². The summed E-state index contributed by atoms with van der Waals surface area (Å²) in [7, 11) is 0. The van der Waals surface area contributed by atoms with Gasteiger partial charge in [-0.3, -0.25) is 9.67 Å². The molecule has 1 saturated carbocycles. The molecule has 1 aromatic rings. The molecule has 1 aliphatic carbocycles. The number of hydrogen-bond acceptors (Lipinski definition) is 5. The molecule has 0 radical (unpaired) electrons. The molecule has 2 unspecified atom stereocenters. The van der Waals surface area contributed by atoms with Crippen LogP contribution < -0.4 is 5.32 Å². The Bertz CT molecular complexity index is 715. The highest BCUT2D eigenvalue weighted by Crippen LogP contribution is 2.47. The van der Waals surface area contributed by atoms with Gasteiger partial charge in [0.15, 0.2) is 0 Å². The first kappa shape index (κ1) is 12.3. The molecular formula is C15H16N6. The molecule has 106 valence electrons. The Hall–Kier alpha value is -2.42. The van der Waals surface area contributed by atoms with E-state index >= 15 is 0 Å². The second-order valence-electron chi connectivity index (χ2n) is 6.18. The van der Waals surface area contributed by atoms with Crippen LogP contribution in [0.25, 0.3) is 0 Å². The second-order valence-corrected chi connectivity index (χ2v) is 6.18. The van der Waals surface area contributed by atoms with E-state index in [2.05, 4.69) is 39.5 Å². The Morgan fingerprint density at radius 2 is 2.38 bits per heavy atom. The largest absolute Gasteiger partial charge is 0.350 e. The number of nitriles is 1. The molecule has 3 aliphatic rings. The number of rotatable bonds is 3. The zero-order valence-corrected chi connectivity index (χ0v) is 11.8. The van der Waals surface area contributed by atoms with Gasteiger partial charge in [-0.05, 0) is 26.0 Å². The first-order valence-corrected chi connectivity index (χ1v) is 7.14. The molecule has 1 N–H and O–H groups in total. The Kier molecular flexibility index (Phi) is 2.37. The molecule has 6 nitrogen and oxygen atoms in total. The summed E-state index contributed by atoms with van der Waals surface area (Å²) in [6, 6.07) is 2.25. The number of amidine groups is 1. The van der Waals surface area contributed by atoms with E-state index in [-0.39, 0.29) is 17.0 Å². The fourth-order valence-electron chi connectivity index (χ4n) is 3.19. The first-order chi connectivity index (χ1) is 10.2. The number of aromatic nitrogens is 2. The maximum Gasteiger partial charge on any atom is 0.120 e. The van der Waals surface area contributed by atoms with Crippen molar-refractivity contribution in [2.24, 2.45) is 15.4 Å². The average Bonchev–Trinajstić information content (AvgIpc) is 2.93. The van der Waals surface area contributed by atoms with Crippen molar-refractivity contribution in [3.8, 4) is 6.07 Å². The molecule has 0 bridgehead atoms. The lowest BCUT2D eigenvalue weighted by molar-refractivity contribution is 0.436. The van der Waals surface area contributed by atoms with Crippen molar-refractivity contribution in [3.05, 3.63) is 30.2 Å². The van der Waals surface area contributed by atoms with Gasteiger partial charge in [-0.2, -0.15) is 10.4 Å². The van der Waals surface area contributed by atoms with Crippen molar-refractivity contribution in [2.75, 3.05) is 0 Å². The summed E-state index contributed by atoms with van der Waals surface area (Å²) >= 11 is 0. The molecule has 2 atom stereocenters. The molecule has 0 aromatic carbocycles. The van der Waals surface area contributed by atoms with Gasteiger partial charge < -0.3 is 5.32 Å². The summed E-state index contributed by atoms with van der Waals surface area (Å²) in [5.41, 5.74) is 0.750. The SMILES string of the molecule is CC12C=CNC1=NC=NC2c1cnn(C2(CC#N)CC2)c1. The monoisotopic (exact) mass is 280 g/mol. The number of nitrogens with one attached hydrogen (secondary N) is 1. The lowest BCUT2D eigenvalue weighted by Crippen LogP contribution is -2.36. The van der Waals surface area contributed by atoms with Gasteiger partial charge in [0.05, 0.1) is 35.7 Å².